The molecule has 0 saturated carbocycles. The van der Waals surface area contributed by atoms with Gasteiger partial charge in [0.25, 0.3) is 0 Å². The van der Waals surface area contributed by atoms with Crippen molar-refractivity contribution in [2.75, 3.05) is 23.7 Å². The van der Waals surface area contributed by atoms with E-state index in [4.69, 9.17) is 4.74 Å². The van der Waals surface area contributed by atoms with E-state index < -0.39 is 10.0 Å². The average Bonchev–Trinajstić information content (AvgIpc) is 2.65. The average molecular weight is 391 g/mol. The van der Waals surface area contributed by atoms with Crippen LogP contribution in [0.2, 0.25) is 0 Å². The lowest BCUT2D eigenvalue weighted by Crippen LogP contribution is -2.41. The maximum Gasteiger partial charge on any atom is 0.241 e. The van der Waals surface area contributed by atoms with Crippen molar-refractivity contribution in [3.8, 4) is 5.75 Å². The van der Waals surface area contributed by atoms with Crippen LogP contribution >= 0.6 is 0 Å². The predicted octanol–water partition coefficient (Wildman–Crippen LogP) is 3.12. The molecule has 6 nitrogen and oxygen atoms in total. The maximum atomic E-state index is 12.6. The topological polar surface area (TPSA) is 75.7 Å². The highest BCUT2D eigenvalue weighted by atomic mass is 32.2. The molecule has 0 aromatic heterocycles. The lowest BCUT2D eigenvalue weighted by Gasteiger charge is -2.25. The van der Waals surface area contributed by atoms with Gasteiger partial charge in [0.15, 0.2) is 0 Å². The zero-order valence-electron chi connectivity index (χ0n) is 15.9. The fourth-order valence-electron chi connectivity index (χ4n) is 2.80. The molecule has 0 unspecified atom stereocenters. The highest BCUT2D eigenvalue weighted by molar-refractivity contribution is 7.92. The number of sulfonamides is 1. The molecule has 0 spiro atoms. The molecule has 146 valence electrons. The number of rotatable bonds is 9. The van der Waals surface area contributed by atoms with Gasteiger partial charge in [-0.2, -0.15) is 0 Å². The van der Waals surface area contributed by atoms with Crippen LogP contribution in [-0.4, -0.2) is 33.7 Å². The van der Waals surface area contributed by atoms with Gasteiger partial charge in [0.1, 0.15) is 12.3 Å². The third-order valence-electron chi connectivity index (χ3n) is 4.07. The summed E-state index contributed by atoms with van der Waals surface area (Å²) in [6.07, 6.45) is 1.78. The van der Waals surface area contributed by atoms with Crippen LogP contribution in [0, 0.1) is 0 Å². The van der Waals surface area contributed by atoms with Gasteiger partial charge in [0.2, 0.25) is 15.9 Å². The summed E-state index contributed by atoms with van der Waals surface area (Å²) in [6.45, 7) is 3.87. The minimum absolute atomic E-state index is 0.178. The van der Waals surface area contributed by atoms with E-state index in [0.717, 1.165) is 16.1 Å². The number of para-hydroxylation sites is 2. The number of nitrogens with zero attached hydrogens (tertiary/aromatic N) is 1. The molecule has 7 heteroatoms. The van der Waals surface area contributed by atoms with Crippen molar-refractivity contribution in [2.24, 2.45) is 0 Å². The van der Waals surface area contributed by atoms with Gasteiger partial charge < -0.3 is 10.1 Å². The SMILES string of the molecule is CCOc1ccccc1N(CC(=O)N[C@@H](CC)c1ccccc1)S(C)(=O)=O. The standard InChI is InChI=1S/C20H26N2O4S/c1-4-17(16-11-7-6-8-12-16)21-20(23)15-22(27(3,24)25)18-13-9-10-14-19(18)26-5-2/h6-14,17H,4-5,15H2,1-3H3,(H,21,23)/t17-/m0/s1. The number of anilines is 1. The van der Waals surface area contributed by atoms with Crippen LogP contribution in [0.15, 0.2) is 54.6 Å². The molecule has 0 aliphatic rings. The first kappa shape index (κ1) is 20.8. The van der Waals surface area contributed by atoms with Gasteiger partial charge in [-0.15, -0.1) is 0 Å². The molecule has 2 aromatic carbocycles. The molecular weight excluding hydrogens is 364 g/mol. The van der Waals surface area contributed by atoms with E-state index in [0.29, 0.717) is 24.5 Å². The first-order valence-electron chi connectivity index (χ1n) is 8.90. The highest BCUT2D eigenvalue weighted by Gasteiger charge is 2.25. The Bertz CT molecular complexity index is 853. The number of carbonyl (C=O) groups is 1. The summed E-state index contributed by atoms with van der Waals surface area (Å²) in [6, 6.07) is 16.2. The molecular formula is C20H26N2O4S. The van der Waals surface area contributed by atoms with E-state index in [2.05, 4.69) is 5.32 Å². The fourth-order valence-corrected chi connectivity index (χ4v) is 3.66. The largest absolute Gasteiger partial charge is 0.492 e. The Labute approximate surface area is 161 Å². The number of hydrogen-bond donors (Lipinski definition) is 1. The lowest BCUT2D eigenvalue weighted by molar-refractivity contribution is -0.120. The second-order valence-electron chi connectivity index (χ2n) is 6.11. The van der Waals surface area contributed by atoms with Crippen molar-refractivity contribution < 1.29 is 17.9 Å². The molecule has 1 amide bonds. The zero-order chi connectivity index (χ0) is 19.9. The Hall–Kier alpha value is -2.54. The lowest BCUT2D eigenvalue weighted by atomic mass is 10.0. The van der Waals surface area contributed by atoms with E-state index in [-0.39, 0.29) is 18.5 Å². The van der Waals surface area contributed by atoms with Gasteiger partial charge in [0, 0.05) is 0 Å². The number of ether oxygens (including phenoxy) is 1. The van der Waals surface area contributed by atoms with E-state index >= 15 is 0 Å². The number of nitrogens with one attached hydrogen (secondary N) is 1. The number of benzene rings is 2. The number of hydrogen-bond acceptors (Lipinski definition) is 4. The van der Waals surface area contributed by atoms with Crippen LogP contribution in [0.4, 0.5) is 5.69 Å². The van der Waals surface area contributed by atoms with Crippen molar-refractivity contribution in [3.05, 3.63) is 60.2 Å². The van der Waals surface area contributed by atoms with Crippen LogP contribution in [0.1, 0.15) is 31.9 Å². The molecule has 1 atom stereocenters. The van der Waals surface area contributed by atoms with Gasteiger partial charge in [-0.05, 0) is 31.0 Å². The van der Waals surface area contributed by atoms with Crippen LogP contribution in [0.3, 0.4) is 0 Å². The molecule has 2 rings (SSSR count). The quantitative estimate of drug-likeness (QED) is 0.714. The second kappa shape index (κ2) is 9.41. The smallest absolute Gasteiger partial charge is 0.241 e. The zero-order valence-corrected chi connectivity index (χ0v) is 16.7. The molecule has 2 aromatic rings. The Morgan fingerprint density at radius 3 is 2.30 bits per heavy atom. The molecule has 0 aliphatic carbocycles. The monoisotopic (exact) mass is 390 g/mol. The van der Waals surface area contributed by atoms with Gasteiger partial charge in [0.05, 0.1) is 24.6 Å². The third-order valence-corrected chi connectivity index (χ3v) is 5.19. The van der Waals surface area contributed by atoms with Crippen molar-refractivity contribution in [1.29, 1.82) is 0 Å². The molecule has 0 heterocycles. The van der Waals surface area contributed by atoms with E-state index in [1.807, 2.05) is 44.2 Å². The summed E-state index contributed by atoms with van der Waals surface area (Å²) in [5, 5.41) is 2.92. The van der Waals surface area contributed by atoms with E-state index in [1.54, 1.807) is 24.3 Å². The predicted molar refractivity (Wildman–Crippen MR) is 107 cm³/mol. The first-order valence-corrected chi connectivity index (χ1v) is 10.8. The molecule has 1 N–H and O–H groups in total. The number of amides is 1. The van der Waals surface area contributed by atoms with Crippen molar-refractivity contribution in [2.45, 2.75) is 26.3 Å². The molecule has 0 saturated heterocycles. The molecule has 0 fully saturated rings. The Morgan fingerprint density at radius 2 is 1.70 bits per heavy atom. The van der Waals surface area contributed by atoms with E-state index in [1.165, 1.54) is 0 Å². The Balaban J connectivity index is 2.23. The summed E-state index contributed by atoms with van der Waals surface area (Å²) < 4.78 is 31.3. The van der Waals surface area contributed by atoms with Crippen LogP contribution in [0.25, 0.3) is 0 Å². The van der Waals surface area contributed by atoms with Gasteiger partial charge in [-0.1, -0.05) is 49.4 Å². The third kappa shape index (κ3) is 5.72. The summed E-state index contributed by atoms with van der Waals surface area (Å²) >= 11 is 0. The van der Waals surface area contributed by atoms with Crippen LogP contribution in [-0.2, 0) is 14.8 Å². The van der Waals surface area contributed by atoms with Crippen molar-refractivity contribution in [1.82, 2.24) is 5.32 Å². The normalized spacial score (nSPS) is 12.3. The summed E-state index contributed by atoms with van der Waals surface area (Å²) in [4.78, 5) is 12.6. The fraction of sp³-hybridized carbons (Fsp3) is 0.350. The van der Waals surface area contributed by atoms with Crippen LogP contribution in [0.5, 0.6) is 5.75 Å². The molecule has 0 bridgehead atoms. The summed E-state index contributed by atoms with van der Waals surface area (Å²) in [5.41, 5.74) is 1.33. The minimum atomic E-state index is -3.67. The van der Waals surface area contributed by atoms with Crippen molar-refractivity contribution in [3.63, 3.8) is 0 Å². The summed E-state index contributed by atoms with van der Waals surface area (Å²) in [7, 11) is -3.67. The van der Waals surface area contributed by atoms with Gasteiger partial charge >= 0.3 is 0 Å². The number of carbonyl (C=O) groups excluding carboxylic acids is 1. The molecule has 0 aliphatic heterocycles. The Morgan fingerprint density at radius 1 is 1.07 bits per heavy atom. The van der Waals surface area contributed by atoms with Gasteiger partial charge in [-0.3, -0.25) is 9.10 Å². The van der Waals surface area contributed by atoms with Gasteiger partial charge in [-0.25, -0.2) is 8.42 Å². The summed E-state index contributed by atoms with van der Waals surface area (Å²) in [5.74, 6) is 0.0516. The van der Waals surface area contributed by atoms with Crippen molar-refractivity contribution >= 4 is 21.6 Å². The minimum Gasteiger partial charge on any atom is -0.492 e. The van der Waals surface area contributed by atoms with Crippen LogP contribution < -0.4 is 14.4 Å². The maximum absolute atomic E-state index is 12.6. The molecule has 0 radical (unpaired) electrons. The second-order valence-corrected chi connectivity index (χ2v) is 8.02. The molecule has 27 heavy (non-hydrogen) atoms. The Kier molecular flexibility index (Phi) is 7.24. The highest BCUT2D eigenvalue weighted by Crippen LogP contribution is 2.29. The van der Waals surface area contributed by atoms with E-state index in [9.17, 15) is 13.2 Å². The first-order chi connectivity index (χ1) is 12.9.